The zero-order chi connectivity index (χ0) is 24.9. The van der Waals surface area contributed by atoms with Crippen molar-refractivity contribution in [1.82, 2.24) is 0 Å². The largest absolute Gasteiger partial charge is 0.490 e. The van der Waals surface area contributed by atoms with Crippen LogP contribution >= 0.6 is 0 Å². The highest BCUT2D eigenvalue weighted by Gasteiger charge is 2.38. The van der Waals surface area contributed by atoms with E-state index in [-0.39, 0.29) is 6.04 Å². The van der Waals surface area contributed by atoms with Gasteiger partial charge in [0.1, 0.15) is 37.1 Å². The summed E-state index contributed by atoms with van der Waals surface area (Å²) in [6, 6.07) is 35.3. The van der Waals surface area contributed by atoms with Gasteiger partial charge in [0.25, 0.3) is 0 Å². The van der Waals surface area contributed by atoms with E-state index in [2.05, 4.69) is 66.0 Å². The Morgan fingerprint density at radius 1 is 0.676 bits per heavy atom. The molecule has 0 fully saturated rings. The van der Waals surface area contributed by atoms with Gasteiger partial charge in [0, 0.05) is 11.6 Å². The van der Waals surface area contributed by atoms with Gasteiger partial charge >= 0.3 is 0 Å². The van der Waals surface area contributed by atoms with Crippen molar-refractivity contribution >= 4 is 5.69 Å². The molecule has 4 heteroatoms. The lowest BCUT2D eigenvalue weighted by atomic mass is 9.77. The first-order valence-corrected chi connectivity index (χ1v) is 13.0. The third-order valence-corrected chi connectivity index (χ3v) is 7.19. The van der Waals surface area contributed by atoms with Crippen LogP contribution in [-0.2, 0) is 6.61 Å². The van der Waals surface area contributed by atoms with Crippen LogP contribution in [0.3, 0.4) is 0 Å². The summed E-state index contributed by atoms with van der Waals surface area (Å²) in [6.07, 6.45) is 5.73. The molecule has 4 aromatic carbocycles. The molecule has 6 rings (SSSR count). The molecule has 1 aliphatic carbocycles. The number of ether oxygens (including phenoxy) is 3. The van der Waals surface area contributed by atoms with Gasteiger partial charge in [-0.2, -0.15) is 0 Å². The highest BCUT2D eigenvalue weighted by Crippen LogP contribution is 2.50. The Bertz CT molecular complexity index is 1340. The molecule has 0 saturated heterocycles. The first-order valence-electron chi connectivity index (χ1n) is 13.0. The zero-order valence-corrected chi connectivity index (χ0v) is 20.8. The lowest BCUT2D eigenvalue weighted by Gasteiger charge is -2.37. The Hall–Kier alpha value is -4.18. The molecule has 1 heterocycles. The van der Waals surface area contributed by atoms with E-state index in [0.717, 1.165) is 23.7 Å². The predicted molar refractivity (Wildman–Crippen MR) is 147 cm³/mol. The van der Waals surface area contributed by atoms with Crippen LogP contribution in [-0.4, -0.2) is 13.2 Å². The molecule has 0 bridgehead atoms. The number of hydrogen-bond donors (Lipinski definition) is 1. The minimum absolute atomic E-state index is 0.252. The SMILES string of the molecule is C1=CC2c3cc(OCCOc4ccccc4)ccc3NC(c3ccc(OCc4ccccc4)cc3)C2C1. The Balaban J connectivity index is 1.10. The number of anilines is 1. The summed E-state index contributed by atoms with van der Waals surface area (Å²) in [5, 5.41) is 3.82. The number of hydrogen-bond acceptors (Lipinski definition) is 4. The van der Waals surface area contributed by atoms with Crippen molar-refractivity contribution in [3.63, 3.8) is 0 Å². The number of allylic oxidation sites excluding steroid dienone is 2. The summed E-state index contributed by atoms with van der Waals surface area (Å²) in [5.74, 6) is 3.48. The summed E-state index contributed by atoms with van der Waals surface area (Å²) in [5.41, 5.74) is 4.94. The van der Waals surface area contributed by atoms with Crippen molar-refractivity contribution in [2.75, 3.05) is 18.5 Å². The number of fused-ring (bicyclic) bond motifs is 3. The third-order valence-electron chi connectivity index (χ3n) is 7.19. The maximum absolute atomic E-state index is 6.03. The van der Waals surface area contributed by atoms with Crippen LogP contribution in [0.15, 0.2) is 115 Å². The lowest BCUT2D eigenvalue weighted by Crippen LogP contribution is -2.29. The molecular weight excluding hydrogens is 458 g/mol. The van der Waals surface area contributed by atoms with E-state index in [4.69, 9.17) is 14.2 Å². The van der Waals surface area contributed by atoms with Crippen molar-refractivity contribution in [1.29, 1.82) is 0 Å². The van der Waals surface area contributed by atoms with Gasteiger partial charge in [-0.1, -0.05) is 72.8 Å². The fourth-order valence-corrected chi connectivity index (χ4v) is 5.34. The normalized spacial score (nSPS) is 19.4. The summed E-state index contributed by atoms with van der Waals surface area (Å²) < 4.78 is 17.8. The van der Waals surface area contributed by atoms with E-state index >= 15 is 0 Å². The number of nitrogens with one attached hydrogen (secondary N) is 1. The van der Waals surface area contributed by atoms with Gasteiger partial charge in [0.2, 0.25) is 0 Å². The van der Waals surface area contributed by atoms with Crippen LogP contribution in [0.25, 0.3) is 0 Å². The summed E-state index contributed by atoms with van der Waals surface area (Å²) in [4.78, 5) is 0. The van der Waals surface area contributed by atoms with Gasteiger partial charge < -0.3 is 19.5 Å². The Morgan fingerprint density at radius 2 is 1.35 bits per heavy atom. The highest BCUT2D eigenvalue weighted by molar-refractivity contribution is 5.61. The van der Waals surface area contributed by atoms with Crippen molar-refractivity contribution < 1.29 is 14.2 Å². The van der Waals surface area contributed by atoms with Crippen LogP contribution in [0.2, 0.25) is 0 Å². The second kappa shape index (κ2) is 10.8. The number of rotatable bonds is 9. The van der Waals surface area contributed by atoms with Gasteiger partial charge in [0.05, 0.1) is 6.04 Å². The van der Waals surface area contributed by atoms with Crippen molar-refractivity contribution in [3.05, 3.63) is 132 Å². The first-order chi connectivity index (χ1) is 18.3. The van der Waals surface area contributed by atoms with Crippen LogP contribution in [0.1, 0.15) is 35.1 Å². The Labute approximate surface area is 218 Å². The Morgan fingerprint density at radius 3 is 2.14 bits per heavy atom. The van der Waals surface area contributed by atoms with Crippen LogP contribution in [0, 0.1) is 5.92 Å². The Kier molecular flexibility index (Phi) is 6.80. The van der Waals surface area contributed by atoms with Gasteiger partial charge in [-0.15, -0.1) is 0 Å². The molecule has 2 aliphatic rings. The monoisotopic (exact) mass is 489 g/mol. The average molecular weight is 490 g/mol. The average Bonchev–Trinajstić information content (AvgIpc) is 3.46. The molecule has 0 radical (unpaired) electrons. The first kappa shape index (κ1) is 23.2. The molecule has 1 aliphatic heterocycles. The van der Waals surface area contributed by atoms with Crippen LogP contribution in [0.4, 0.5) is 5.69 Å². The zero-order valence-electron chi connectivity index (χ0n) is 20.8. The molecule has 37 heavy (non-hydrogen) atoms. The maximum Gasteiger partial charge on any atom is 0.122 e. The standard InChI is InChI=1S/C33H31NO3/c1-3-8-24(9-4-1)23-37-27-16-14-25(15-17-27)33-30-13-7-12-29(30)31-22-28(18-19-32(31)34-33)36-21-20-35-26-10-5-2-6-11-26/h1-12,14-19,22,29-30,33-34H,13,20-21,23H2. The molecule has 0 spiro atoms. The fraction of sp³-hybridized carbons (Fsp3) is 0.212. The number of benzene rings is 4. The summed E-state index contributed by atoms with van der Waals surface area (Å²) in [6.45, 7) is 1.59. The molecule has 1 N–H and O–H groups in total. The molecule has 4 nitrogen and oxygen atoms in total. The molecular formula is C33H31NO3. The second-order valence-electron chi connectivity index (χ2n) is 9.58. The number of para-hydroxylation sites is 1. The smallest absolute Gasteiger partial charge is 0.122 e. The van der Waals surface area contributed by atoms with Gasteiger partial charge in [0.15, 0.2) is 0 Å². The summed E-state index contributed by atoms with van der Waals surface area (Å²) in [7, 11) is 0. The molecule has 0 saturated carbocycles. The van der Waals surface area contributed by atoms with E-state index in [1.54, 1.807) is 0 Å². The molecule has 0 aromatic heterocycles. The maximum atomic E-state index is 6.03. The topological polar surface area (TPSA) is 39.7 Å². The van der Waals surface area contributed by atoms with Gasteiger partial charge in [-0.3, -0.25) is 0 Å². The van der Waals surface area contributed by atoms with Gasteiger partial charge in [-0.05, 0) is 71.5 Å². The predicted octanol–water partition coefficient (Wildman–Crippen LogP) is 7.55. The fourth-order valence-electron chi connectivity index (χ4n) is 5.34. The van der Waals surface area contributed by atoms with Crippen molar-refractivity contribution in [2.45, 2.75) is 25.0 Å². The van der Waals surface area contributed by atoms with E-state index in [0.29, 0.717) is 31.7 Å². The van der Waals surface area contributed by atoms with Gasteiger partial charge in [-0.25, -0.2) is 0 Å². The minimum Gasteiger partial charge on any atom is -0.490 e. The second-order valence-corrected chi connectivity index (χ2v) is 9.58. The quantitative estimate of drug-likeness (QED) is 0.195. The lowest BCUT2D eigenvalue weighted by molar-refractivity contribution is 0.217. The van der Waals surface area contributed by atoms with E-state index < -0.39 is 0 Å². The molecule has 3 atom stereocenters. The highest BCUT2D eigenvalue weighted by atomic mass is 16.5. The minimum atomic E-state index is 0.252. The van der Waals surface area contributed by atoms with E-state index in [1.165, 1.54) is 22.4 Å². The van der Waals surface area contributed by atoms with Crippen LogP contribution in [0.5, 0.6) is 17.2 Å². The molecule has 186 valence electrons. The van der Waals surface area contributed by atoms with Crippen LogP contribution < -0.4 is 19.5 Å². The molecule has 0 amide bonds. The third kappa shape index (κ3) is 5.34. The van der Waals surface area contributed by atoms with Crippen molar-refractivity contribution in [3.8, 4) is 17.2 Å². The molecule has 3 unspecified atom stereocenters. The molecule has 4 aromatic rings. The van der Waals surface area contributed by atoms with Crippen molar-refractivity contribution in [2.24, 2.45) is 5.92 Å². The van der Waals surface area contributed by atoms with E-state index in [9.17, 15) is 0 Å². The van der Waals surface area contributed by atoms with E-state index in [1.807, 2.05) is 54.6 Å². The summed E-state index contributed by atoms with van der Waals surface area (Å²) >= 11 is 0.